The summed E-state index contributed by atoms with van der Waals surface area (Å²) in [6.07, 6.45) is 6.10. The summed E-state index contributed by atoms with van der Waals surface area (Å²) in [6.45, 7) is 0. The van der Waals surface area contributed by atoms with Crippen LogP contribution in [0.1, 0.15) is 49.3 Å². The van der Waals surface area contributed by atoms with Crippen LogP contribution >= 0.6 is 0 Å². The van der Waals surface area contributed by atoms with Gasteiger partial charge in [0.2, 0.25) is 0 Å². The molecule has 4 rings (SSSR count). The van der Waals surface area contributed by atoms with E-state index in [1.165, 1.54) is 29.6 Å². The van der Waals surface area contributed by atoms with Crippen molar-refractivity contribution in [2.24, 2.45) is 0 Å². The number of rotatable bonds is 5. The molecule has 2 aromatic carbocycles. The van der Waals surface area contributed by atoms with E-state index < -0.39 is 0 Å². The first-order chi connectivity index (χ1) is 13.2. The van der Waals surface area contributed by atoms with Crippen LogP contribution in [0.3, 0.4) is 0 Å². The average molecular weight is 361 g/mol. The minimum absolute atomic E-state index is 0.162. The number of ketones is 1. The van der Waals surface area contributed by atoms with Crippen LogP contribution < -0.4 is 10.1 Å². The minimum Gasteiger partial charge on any atom is -0.497 e. The molecule has 140 valence electrons. The molecule has 0 aromatic heterocycles. The van der Waals surface area contributed by atoms with E-state index in [-0.39, 0.29) is 17.9 Å². The second-order valence-corrected chi connectivity index (χ2v) is 7.60. The number of benzene rings is 2. The van der Waals surface area contributed by atoms with Gasteiger partial charge in [0.1, 0.15) is 5.75 Å². The summed E-state index contributed by atoms with van der Waals surface area (Å²) in [5.74, 6) is 1.15. The van der Waals surface area contributed by atoms with Crippen LogP contribution in [0.5, 0.6) is 5.75 Å². The van der Waals surface area contributed by atoms with Crippen molar-refractivity contribution < 1.29 is 9.53 Å². The zero-order valence-corrected chi connectivity index (χ0v) is 15.9. The molecule has 2 atom stereocenters. The fraction of sp³-hybridized carbons (Fsp3) is 0.375. The first kappa shape index (κ1) is 18.0. The Bertz CT molecular complexity index is 840. The molecule has 0 amide bonds. The van der Waals surface area contributed by atoms with E-state index in [0.717, 1.165) is 30.6 Å². The third-order valence-corrected chi connectivity index (χ3v) is 5.83. The summed E-state index contributed by atoms with van der Waals surface area (Å²) in [7, 11) is 1.70. The molecule has 0 radical (unpaired) electrons. The number of hydrogen-bond donors (Lipinski definition) is 1. The van der Waals surface area contributed by atoms with Crippen LogP contribution in [0, 0.1) is 0 Å². The zero-order valence-electron chi connectivity index (χ0n) is 15.9. The Morgan fingerprint density at radius 3 is 2.70 bits per heavy atom. The van der Waals surface area contributed by atoms with Crippen molar-refractivity contribution in [1.29, 1.82) is 0 Å². The quantitative estimate of drug-likeness (QED) is 0.779. The fourth-order valence-corrected chi connectivity index (χ4v) is 4.44. The molecule has 2 aliphatic rings. The van der Waals surface area contributed by atoms with Crippen molar-refractivity contribution in [3.63, 3.8) is 0 Å². The maximum Gasteiger partial charge on any atom is 0.158 e. The zero-order chi connectivity index (χ0) is 18.6. The highest BCUT2D eigenvalue weighted by Crippen LogP contribution is 2.39. The van der Waals surface area contributed by atoms with E-state index in [1.54, 1.807) is 7.11 Å². The van der Waals surface area contributed by atoms with E-state index in [0.29, 0.717) is 6.42 Å². The molecular formula is C24H27NO2. The predicted molar refractivity (Wildman–Crippen MR) is 108 cm³/mol. The van der Waals surface area contributed by atoms with Gasteiger partial charge in [0, 0.05) is 12.5 Å². The molecule has 3 heteroatoms. The Hall–Kier alpha value is -2.39. The van der Waals surface area contributed by atoms with Gasteiger partial charge < -0.3 is 4.74 Å². The van der Waals surface area contributed by atoms with Gasteiger partial charge in [-0.25, -0.2) is 0 Å². The predicted octanol–water partition coefficient (Wildman–Crippen LogP) is 4.78. The average Bonchev–Trinajstić information content (AvgIpc) is 2.73. The van der Waals surface area contributed by atoms with Crippen LogP contribution in [-0.2, 0) is 11.2 Å². The molecule has 0 bridgehead atoms. The third kappa shape index (κ3) is 3.98. The first-order valence-corrected chi connectivity index (χ1v) is 9.92. The monoisotopic (exact) mass is 361 g/mol. The normalized spacial score (nSPS) is 22.3. The summed E-state index contributed by atoms with van der Waals surface area (Å²) in [4.78, 5) is 13.2. The summed E-state index contributed by atoms with van der Waals surface area (Å²) < 4.78 is 5.40. The van der Waals surface area contributed by atoms with Gasteiger partial charge in [-0.05, 0) is 60.9 Å². The molecule has 0 spiro atoms. The number of ether oxygens (including phenoxy) is 1. The number of hydrogen-bond acceptors (Lipinski definition) is 3. The van der Waals surface area contributed by atoms with E-state index in [2.05, 4.69) is 17.4 Å². The summed E-state index contributed by atoms with van der Waals surface area (Å²) in [6, 6.07) is 18.3. The maximum absolute atomic E-state index is 13.2. The summed E-state index contributed by atoms with van der Waals surface area (Å²) in [5, 5.41) is 3.68. The first-order valence-electron chi connectivity index (χ1n) is 9.92. The van der Waals surface area contributed by atoms with Crippen LogP contribution in [0.4, 0.5) is 0 Å². The van der Waals surface area contributed by atoms with Crippen LogP contribution in [0.2, 0.25) is 0 Å². The van der Waals surface area contributed by atoms with E-state index in [9.17, 15) is 4.79 Å². The standard InChI is InChI=1S/C24H27NO2/c1-27-20-12-7-11-19(15-20)22-16-18-10-5-6-13-21(18)24(25-22)23(26)14-17-8-3-2-4-9-17/h2-4,7-9,11-12,15,22,24-25H,5-6,10,13-14,16H2,1H3/t22-,24-/m0/s1. The van der Waals surface area contributed by atoms with Crippen LogP contribution in [-0.4, -0.2) is 18.9 Å². The topological polar surface area (TPSA) is 38.3 Å². The number of Topliss-reactive ketones (excluding diaryl/α,β-unsaturated/α-hetero) is 1. The molecule has 0 saturated heterocycles. The van der Waals surface area contributed by atoms with E-state index in [1.807, 2.05) is 42.5 Å². The second kappa shape index (κ2) is 8.10. The number of carbonyl (C=O) groups is 1. The molecule has 1 aliphatic heterocycles. The summed E-state index contributed by atoms with van der Waals surface area (Å²) in [5.41, 5.74) is 5.15. The Kier molecular flexibility index (Phi) is 5.40. The van der Waals surface area contributed by atoms with Crippen molar-refractivity contribution in [3.05, 3.63) is 76.9 Å². The highest BCUT2D eigenvalue weighted by molar-refractivity contribution is 5.89. The molecule has 27 heavy (non-hydrogen) atoms. The third-order valence-electron chi connectivity index (χ3n) is 5.83. The number of nitrogens with one attached hydrogen (secondary N) is 1. The Labute approximate surface area is 161 Å². The van der Waals surface area contributed by atoms with Crippen molar-refractivity contribution in [3.8, 4) is 5.75 Å². The van der Waals surface area contributed by atoms with Gasteiger partial charge in [0.05, 0.1) is 13.2 Å². The molecule has 1 heterocycles. The van der Waals surface area contributed by atoms with Crippen molar-refractivity contribution in [2.45, 2.75) is 50.6 Å². The maximum atomic E-state index is 13.2. The van der Waals surface area contributed by atoms with Crippen molar-refractivity contribution in [1.82, 2.24) is 5.32 Å². The van der Waals surface area contributed by atoms with Crippen molar-refractivity contribution in [2.75, 3.05) is 7.11 Å². The Morgan fingerprint density at radius 2 is 1.89 bits per heavy atom. The fourth-order valence-electron chi connectivity index (χ4n) is 4.44. The van der Waals surface area contributed by atoms with Gasteiger partial charge in [0.15, 0.2) is 5.78 Å². The highest BCUT2D eigenvalue weighted by Gasteiger charge is 2.34. The number of carbonyl (C=O) groups excluding carboxylic acids is 1. The lowest BCUT2D eigenvalue weighted by Gasteiger charge is -2.37. The smallest absolute Gasteiger partial charge is 0.158 e. The molecule has 0 saturated carbocycles. The number of methoxy groups -OCH3 is 1. The van der Waals surface area contributed by atoms with Gasteiger partial charge in [0.25, 0.3) is 0 Å². The Morgan fingerprint density at radius 1 is 1.07 bits per heavy atom. The van der Waals surface area contributed by atoms with Gasteiger partial charge >= 0.3 is 0 Å². The minimum atomic E-state index is -0.162. The van der Waals surface area contributed by atoms with Gasteiger partial charge in [-0.3, -0.25) is 10.1 Å². The SMILES string of the molecule is COc1cccc([C@@H]2CC3=C(CCCC3)[C@@H](C(=O)Cc3ccccc3)N2)c1. The van der Waals surface area contributed by atoms with Crippen molar-refractivity contribution >= 4 is 5.78 Å². The lowest BCUT2D eigenvalue weighted by molar-refractivity contribution is -0.120. The highest BCUT2D eigenvalue weighted by atomic mass is 16.5. The van der Waals surface area contributed by atoms with Crippen LogP contribution in [0.25, 0.3) is 0 Å². The van der Waals surface area contributed by atoms with Gasteiger partial charge in [-0.2, -0.15) is 0 Å². The largest absolute Gasteiger partial charge is 0.497 e. The van der Waals surface area contributed by atoms with E-state index >= 15 is 0 Å². The lowest BCUT2D eigenvalue weighted by Crippen LogP contribution is -2.45. The molecule has 1 aliphatic carbocycles. The molecule has 0 unspecified atom stereocenters. The summed E-state index contributed by atoms with van der Waals surface area (Å²) >= 11 is 0. The van der Waals surface area contributed by atoms with Gasteiger partial charge in [-0.1, -0.05) is 48.0 Å². The Balaban J connectivity index is 1.61. The molecule has 2 aromatic rings. The van der Waals surface area contributed by atoms with E-state index in [4.69, 9.17) is 4.74 Å². The molecular weight excluding hydrogens is 334 g/mol. The molecule has 3 nitrogen and oxygen atoms in total. The molecule has 0 fully saturated rings. The van der Waals surface area contributed by atoms with Crippen LogP contribution in [0.15, 0.2) is 65.7 Å². The lowest BCUT2D eigenvalue weighted by atomic mass is 9.78. The molecule has 1 N–H and O–H groups in total. The second-order valence-electron chi connectivity index (χ2n) is 7.60. The van der Waals surface area contributed by atoms with Gasteiger partial charge in [-0.15, -0.1) is 0 Å².